The van der Waals surface area contributed by atoms with Crippen molar-refractivity contribution in [3.63, 3.8) is 0 Å². The average molecular weight is 2050 g/mol. The number of hydrogen-bond donors (Lipinski definition) is 7. The molecule has 0 amide bonds. The summed E-state index contributed by atoms with van der Waals surface area (Å²) in [5.41, 5.74) is 8.25. The number of nitrogens with one attached hydrogen (secondary N) is 7. The molecule has 18 aliphatic rings. The molecular weight excluding hydrogens is 1780 g/mol. The van der Waals surface area contributed by atoms with E-state index in [0.29, 0.717) is 99.8 Å². The Kier molecular flexibility index (Phi) is 57.4. The number of fused-ring (bicyclic) bond motifs is 2. The Morgan fingerprint density at radius 3 is 0.793 bits per heavy atom. The third-order valence-corrected chi connectivity index (χ3v) is 36.2. The molecule has 7 N–H and O–H groups in total. The first-order valence-electron chi connectivity index (χ1n) is 61.6. The van der Waals surface area contributed by atoms with Crippen LogP contribution in [0.4, 0.5) is 0 Å². The highest BCUT2D eigenvalue weighted by atomic mass is 16.5. The molecule has 2 spiro atoms. The van der Waals surface area contributed by atoms with E-state index in [1.165, 1.54) is 317 Å². The van der Waals surface area contributed by atoms with Crippen LogP contribution in [0.5, 0.6) is 0 Å². The van der Waals surface area contributed by atoms with Crippen LogP contribution in [-0.2, 0) is 9.47 Å². The van der Waals surface area contributed by atoms with Gasteiger partial charge in [0.05, 0.1) is 25.9 Å². The van der Waals surface area contributed by atoms with Gasteiger partial charge in [0, 0.05) is 146 Å². The Hall–Kier alpha value is -0.680. The third-order valence-electron chi connectivity index (χ3n) is 36.2. The van der Waals surface area contributed by atoms with Crippen LogP contribution in [0.3, 0.4) is 0 Å². The summed E-state index contributed by atoms with van der Waals surface area (Å²) in [5, 5.41) is 24.0. The van der Waals surface area contributed by atoms with E-state index >= 15 is 0 Å². The van der Waals surface area contributed by atoms with E-state index in [1.807, 2.05) is 0 Å². The lowest BCUT2D eigenvalue weighted by Gasteiger charge is -2.60. The van der Waals surface area contributed by atoms with Gasteiger partial charge in [0.2, 0.25) is 0 Å². The van der Waals surface area contributed by atoms with Crippen LogP contribution in [0, 0.1) is 78.3 Å². The maximum absolute atomic E-state index is 5.54. The van der Waals surface area contributed by atoms with Crippen molar-refractivity contribution in [2.75, 3.05) is 197 Å². The topological polar surface area (TPSA) is 129 Å². The van der Waals surface area contributed by atoms with Gasteiger partial charge in [-0.15, -0.1) is 0 Å². The normalized spacial score (nSPS) is 26.7. The number of piperidine rings is 5. The Bertz CT molecular complexity index is 2940. The number of nitrogens with zero attached hydrogens (tertiary/aromatic N) is 8. The quantitative estimate of drug-likeness (QED) is 0.124. The molecule has 872 valence electrons. The second kappa shape index (κ2) is 60.9. The summed E-state index contributed by atoms with van der Waals surface area (Å²) in [4.78, 5) is 20.4. The molecule has 0 aromatic heterocycles. The van der Waals surface area contributed by atoms with Crippen molar-refractivity contribution in [2.24, 2.45) is 78.3 Å². The van der Waals surface area contributed by atoms with Gasteiger partial charge in [-0.05, 0) is 491 Å². The molecule has 3 saturated carbocycles. The van der Waals surface area contributed by atoms with Gasteiger partial charge in [-0.3, -0.25) is 39.2 Å². The molecule has 2 bridgehead atoms. The van der Waals surface area contributed by atoms with Crippen LogP contribution < -0.4 is 37.2 Å². The van der Waals surface area contributed by atoms with Crippen LogP contribution in [0.2, 0.25) is 0 Å². The van der Waals surface area contributed by atoms with Crippen molar-refractivity contribution < 1.29 is 15.2 Å². The molecule has 4 unspecified atom stereocenters. The maximum Gasteiger partial charge on any atom is 0.0718 e. The van der Waals surface area contributed by atoms with Gasteiger partial charge in [-0.25, -0.2) is 0 Å². The van der Waals surface area contributed by atoms with Gasteiger partial charge in [0.1, 0.15) is 0 Å². The lowest BCUT2D eigenvalue weighted by Crippen LogP contribution is -2.73. The summed E-state index contributed by atoms with van der Waals surface area (Å²) in [6, 6.07) is 2.22. The largest absolute Gasteiger partial charge is 0.379 e. The van der Waals surface area contributed by atoms with E-state index in [-0.39, 0.29) is 5.71 Å². The number of piperazine rings is 1. The second-order valence-corrected chi connectivity index (χ2v) is 64.0. The average Bonchev–Trinajstić information content (AvgIpc) is 1.57. The van der Waals surface area contributed by atoms with Gasteiger partial charge >= 0.3 is 0 Å². The molecule has 15 aliphatic heterocycles. The molecule has 0 radical (unpaired) electrons. The molecule has 0 aromatic rings. The highest BCUT2D eigenvalue weighted by Gasteiger charge is 2.51. The Morgan fingerprint density at radius 1 is 0.241 bits per heavy atom. The van der Waals surface area contributed by atoms with Gasteiger partial charge in [-0.2, -0.15) is 0 Å². The SMILES string of the molecule is CC(C)(C)C1CCC1.CC(C)(C)C1CCC1.CC(C)(C)C1CCCCN1.CC(C)(C)C1CCCN1.CC(C)(C)C1CCCNC1.CC(C)(C)C1CCNC1.CC(C)(C)C1CCNCC1.CC(C)(C)N1CC2(CNC2)C1.CC(C)(C)N1CCC1.CC(C)(C)N1CCC2(CC1)CC2.CC(C)(C)N1CCCC1.CC(C)(C)N1CCCCC1.CC(C)(C)N1CCNCC1.CC(C)(C)N1CCOCC1.CC(C)(C)N1C[C@H]2C[C@@H]1CO2.[HH].[HH].[HH].[HH]. The summed E-state index contributed by atoms with van der Waals surface area (Å²) >= 11 is 0. The Labute approximate surface area is 914 Å². The first-order chi connectivity index (χ1) is 66.4. The van der Waals surface area contributed by atoms with Crippen LogP contribution in [0.15, 0.2) is 0 Å². The molecule has 145 heavy (non-hydrogen) atoms. The highest BCUT2D eigenvalue weighted by Crippen LogP contribution is 2.54. The van der Waals surface area contributed by atoms with Crippen LogP contribution in [0.1, 0.15) is 491 Å². The van der Waals surface area contributed by atoms with Gasteiger partial charge in [0.15, 0.2) is 0 Å². The van der Waals surface area contributed by atoms with Crippen molar-refractivity contribution in [3.8, 4) is 0 Å². The molecule has 0 aromatic carbocycles. The van der Waals surface area contributed by atoms with E-state index < -0.39 is 0 Å². The smallest absolute Gasteiger partial charge is 0.0718 e. The van der Waals surface area contributed by atoms with Crippen molar-refractivity contribution in [3.05, 3.63) is 0 Å². The zero-order valence-electron chi connectivity index (χ0n) is 107. The fraction of sp³-hybridized carbons (Fsp3) is 1.00. The molecule has 15 heterocycles. The van der Waals surface area contributed by atoms with Crippen molar-refractivity contribution >= 4 is 0 Å². The number of likely N-dealkylation sites (tertiary alicyclic amines) is 6. The standard InChI is InChI=1S/C11H21N.C9H18N2.C9H17NO.4C9H19N.C8H18N2.C8H17NO.3C8H17N.2C8H16.C7H15N.4H2/c1-10(2,3)12-8-6-11(4-5-11)7-9-12;1-8(2,3)11-6-9(7-11)4-10-5-9;1-9(2,3)10-5-8-4-7(10)6-11-8;1-9(2,3)8-4-6-10-7-5-8;1-9(2,3)8-5-4-6-10-7-8;1-9(2,3)10-7-5-4-6-8-10;1-9(2,3)8-6-4-5-7-10-8;1-8(2,3)10-6-4-9-5-7-10;1-8(2,3)9-4-6-10-7-5-9;1-8(2,3)7-4-5-9-6-7;1-8(2,3)9-6-4-5-7-9;1-8(2,3)7-5-4-6-9-7;2*1-8(2,3)7-5-4-6-7;1-7(2,3)8-5-4-6-8;;;;/h4-9H2,1-3H3;10H,4-7H2,1-3H3;7-8H,4-6H2,1-3H3;2*8,10H,4-7H2,1-3H3;4-8H2,1-3H3;8,10H,4-7H2,1-3H3;9H,4-7H2,1-3H3;4-7H2,1-3H3;7,9H,4-6H2,1-3H3;4-7H2,1-3H3;7,9H,4-6H2,1-3H3;2*7H,4-6H2,1-3H3;4-6H2,1-3H3;4*1H/t;;7-,8-;;;;;;;;;;;;;;;;/m..1................/s1. The fourth-order valence-electron chi connectivity index (χ4n) is 23.2. The first-order valence-corrected chi connectivity index (χ1v) is 61.6. The van der Waals surface area contributed by atoms with Crippen LogP contribution in [-0.4, -0.2) is 304 Å². The summed E-state index contributed by atoms with van der Waals surface area (Å²) < 4.78 is 10.8. The minimum absolute atomic E-state index is 0. The number of rotatable bonds is 0. The number of morpholine rings is 2. The Balaban J connectivity index is 0.00000157. The molecule has 3 aliphatic carbocycles. The lowest BCUT2D eigenvalue weighted by molar-refractivity contribution is -0.0872. The second-order valence-electron chi connectivity index (χ2n) is 64.0. The molecule has 18 fully saturated rings. The van der Waals surface area contributed by atoms with Gasteiger partial charge in [0.25, 0.3) is 0 Å². The van der Waals surface area contributed by atoms with E-state index in [4.69, 9.17) is 9.47 Å². The predicted octanol–water partition coefficient (Wildman–Crippen LogP) is 28.4. The zero-order chi connectivity index (χ0) is 110. The molecular formula is C128H273N15O2. The van der Waals surface area contributed by atoms with E-state index in [0.717, 1.165) is 99.6 Å². The van der Waals surface area contributed by atoms with Gasteiger partial charge < -0.3 is 46.7 Å². The molecule has 17 heteroatoms. The predicted molar refractivity (Wildman–Crippen MR) is 650 cm³/mol. The molecule has 18 rings (SSSR count). The van der Waals surface area contributed by atoms with Crippen molar-refractivity contribution in [1.82, 2.24) is 76.4 Å². The van der Waals surface area contributed by atoms with Crippen LogP contribution in [0.25, 0.3) is 0 Å². The molecule has 6 atom stereocenters. The summed E-state index contributed by atoms with van der Waals surface area (Å²) in [6.45, 7) is 140. The zero-order valence-corrected chi connectivity index (χ0v) is 107. The summed E-state index contributed by atoms with van der Waals surface area (Å²) in [7, 11) is 0. The summed E-state index contributed by atoms with van der Waals surface area (Å²) in [6.07, 6.45) is 38.8. The van der Waals surface area contributed by atoms with Crippen molar-refractivity contribution in [2.45, 2.75) is 553 Å². The summed E-state index contributed by atoms with van der Waals surface area (Å²) in [5.74, 6) is 4.79. The third kappa shape index (κ3) is 54.9. The van der Waals surface area contributed by atoms with Gasteiger partial charge in [-0.1, -0.05) is 171 Å². The Morgan fingerprint density at radius 2 is 0.566 bits per heavy atom. The fourth-order valence-corrected chi connectivity index (χ4v) is 23.2. The lowest BCUT2D eigenvalue weighted by atomic mass is 9.69. The number of hydrogen-bond acceptors (Lipinski definition) is 17. The maximum atomic E-state index is 5.54. The van der Waals surface area contributed by atoms with E-state index in [1.54, 1.807) is 0 Å². The monoisotopic (exact) mass is 2050 g/mol. The number of ether oxygens (including phenoxy) is 2. The minimum Gasteiger partial charge on any atom is -0.379 e. The molecule has 15 saturated heterocycles. The van der Waals surface area contributed by atoms with E-state index in [9.17, 15) is 0 Å². The molecule has 17 nitrogen and oxygen atoms in total. The highest BCUT2D eigenvalue weighted by molar-refractivity contribution is 5.07. The van der Waals surface area contributed by atoms with E-state index in [2.05, 4.69) is 388 Å². The van der Waals surface area contributed by atoms with Crippen LogP contribution >= 0.6 is 0 Å². The minimum atomic E-state index is 0. The van der Waals surface area contributed by atoms with Crippen molar-refractivity contribution in [1.29, 1.82) is 0 Å². The first kappa shape index (κ1) is 137.